The first-order chi connectivity index (χ1) is 11.1. The number of thioether (sulfide) groups is 1. The molecule has 1 aromatic carbocycles. The first kappa shape index (κ1) is 17.2. The molecule has 23 heavy (non-hydrogen) atoms. The first-order valence-corrected chi connectivity index (χ1v) is 8.42. The molecule has 122 valence electrons. The minimum Gasteiger partial charge on any atom is -0.467 e. The van der Waals surface area contributed by atoms with Crippen LogP contribution in [0.4, 0.5) is 0 Å². The zero-order valence-corrected chi connectivity index (χ0v) is 14.2. The Labute approximate surface area is 140 Å². The predicted molar refractivity (Wildman–Crippen MR) is 95.0 cm³/mol. The summed E-state index contributed by atoms with van der Waals surface area (Å²) < 4.78 is 5.69. The smallest absolute Gasteiger partial charge is 0.202 e. The van der Waals surface area contributed by atoms with E-state index in [1.54, 1.807) is 24.2 Å². The Kier molecular flexibility index (Phi) is 6.32. The Morgan fingerprint density at radius 1 is 1.48 bits per heavy atom. The molecule has 0 bridgehead atoms. The minimum atomic E-state index is 0.157. The number of rotatable bonds is 7. The quantitative estimate of drug-likeness (QED) is 0.265. The lowest BCUT2D eigenvalue weighted by molar-refractivity contribution is 0.403. The SMILES string of the molecule is CN(C)Cc1ccc2coc(CSCCN=C(N)NC#N)c2c1. The molecule has 2 aromatic rings. The lowest BCUT2D eigenvalue weighted by Crippen LogP contribution is -2.27. The van der Waals surface area contributed by atoms with Crippen molar-refractivity contribution in [2.24, 2.45) is 10.7 Å². The third-order valence-electron chi connectivity index (χ3n) is 3.18. The van der Waals surface area contributed by atoms with E-state index in [-0.39, 0.29) is 5.96 Å². The second-order valence-electron chi connectivity index (χ2n) is 5.37. The molecule has 0 atom stereocenters. The van der Waals surface area contributed by atoms with Crippen molar-refractivity contribution in [2.75, 3.05) is 26.4 Å². The highest BCUT2D eigenvalue weighted by Gasteiger charge is 2.07. The maximum Gasteiger partial charge on any atom is 0.202 e. The average molecular weight is 331 g/mol. The summed E-state index contributed by atoms with van der Waals surface area (Å²) in [6, 6.07) is 6.43. The van der Waals surface area contributed by atoms with Crippen LogP contribution in [0.25, 0.3) is 10.8 Å². The van der Waals surface area contributed by atoms with Crippen molar-refractivity contribution in [1.82, 2.24) is 10.2 Å². The molecule has 0 aliphatic carbocycles. The lowest BCUT2D eigenvalue weighted by Gasteiger charge is -2.09. The van der Waals surface area contributed by atoms with Crippen molar-refractivity contribution < 1.29 is 4.42 Å². The standard InChI is InChI=1S/C16H21N5OS/c1-21(2)8-12-3-4-13-9-22-15(14(13)7-12)10-23-6-5-19-16(18)20-11-17/h3-4,7,9H,5-6,8,10H2,1-2H3,(H3,18,19,20). The summed E-state index contributed by atoms with van der Waals surface area (Å²) in [4.78, 5) is 6.19. The molecular formula is C16H21N5OS. The molecule has 7 heteroatoms. The zero-order valence-electron chi connectivity index (χ0n) is 13.4. The Morgan fingerprint density at radius 3 is 3.04 bits per heavy atom. The normalized spacial score (nSPS) is 11.8. The molecule has 0 saturated heterocycles. The third kappa shape index (κ3) is 5.20. The number of hydrogen-bond acceptors (Lipinski definition) is 5. The highest BCUT2D eigenvalue weighted by molar-refractivity contribution is 7.98. The van der Waals surface area contributed by atoms with Gasteiger partial charge in [-0.3, -0.25) is 10.3 Å². The van der Waals surface area contributed by atoms with Gasteiger partial charge in [0.25, 0.3) is 0 Å². The highest BCUT2D eigenvalue weighted by Crippen LogP contribution is 2.26. The van der Waals surface area contributed by atoms with Gasteiger partial charge in [0.2, 0.25) is 5.96 Å². The number of benzene rings is 1. The molecule has 0 amide bonds. The van der Waals surface area contributed by atoms with Crippen molar-refractivity contribution in [2.45, 2.75) is 12.3 Å². The second-order valence-corrected chi connectivity index (χ2v) is 6.48. The van der Waals surface area contributed by atoms with Crippen LogP contribution < -0.4 is 11.1 Å². The summed E-state index contributed by atoms with van der Waals surface area (Å²) in [6.07, 6.45) is 3.54. The monoisotopic (exact) mass is 331 g/mol. The summed E-state index contributed by atoms with van der Waals surface area (Å²) in [7, 11) is 4.12. The number of nitrogens with zero attached hydrogens (tertiary/aromatic N) is 3. The zero-order chi connectivity index (χ0) is 16.7. The van der Waals surface area contributed by atoms with Gasteiger partial charge in [0.15, 0.2) is 6.19 Å². The van der Waals surface area contributed by atoms with E-state index in [0.29, 0.717) is 6.54 Å². The Hall–Kier alpha value is -2.17. The molecule has 6 nitrogen and oxygen atoms in total. The van der Waals surface area contributed by atoms with E-state index in [1.165, 1.54) is 10.9 Å². The molecule has 0 fully saturated rings. The van der Waals surface area contributed by atoms with Crippen molar-refractivity contribution in [3.63, 3.8) is 0 Å². The van der Waals surface area contributed by atoms with Crippen LogP contribution in [0.3, 0.4) is 0 Å². The van der Waals surface area contributed by atoms with E-state index in [1.807, 2.05) is 0 Å². The van der Waals surface area contributed by atoms with Crippen molar-refractivity contribution in [3.8, 4) is 6.19 Å². The Bertz CT molecular complexity index is 717. The molecule has 0 saturated carbocycles. The number of nitrogens with one attached hydrogen (secondary N) is 1. The van der Waals surface area contributed by atoms with Crippen LogP contribution in [-0.4, -0.2) is 37.3 Å². The molecule has 1 aromatic heterocycles. The molecular weight excluding hydrogens is 310 g/mol. The predicted octanol–water partition coefficient (Wildman–Crippen LogP) is 2.11. The van der Waals surface area contributed by atoms with Crippen LogP contribution in [0.15, 0.2) is 33.9 Å². The summed E-state index contributed by atoms with van der Waals surface area (Å²) in [5.41, 5.74) is 6.75. The van der Waals surface area contributed by atoms with E-state index in [2.05, 4.69) is 47.5 Å². The lowest BCUT2D eigenvalue weighted by atomic mass is 10.1. The van der Waals surface area contributed by atoms with E-state index >= 15 is 0 Å². The maximum atomic E-state index is 8.40. The van der Waals surface area contributed by atoms with Gasteiger partial charge in [-0.25, -0.2) is 0 Å². The molecule has 2 rings (SSSR count). The average Bonchev–Trinajstić information content (AvgIpc) is 2.89. The van der Waals surface area contributed by atoms with Crippen LogP contribution in [0.5, 0.6) is 0 Å². The number of nitriles is 1. The number of hydrogen-bond donors (Lipinski definition) is 2. The fourth-order valence-corrected chi connectivity index (χ4v) is 2.99. The summed E-state index contributed by atoms with van der Waals surface area (Å²) >= 11 is 1.73. The Balaban J connectivity index is 1.92. The molecule has 0 unspecified atom stereocenters. The maximum absolute atomic E-state index is 8.40. The molecule has 0 spiro atoms. The summed E-state index contributed by atoms with van der Waals surface area (Å²) in [5.74, 6) is 2.74. The number of fused-ring (bicyclic) bond motifs is 1. The molecule has 3 N–H and O–H groups in total. The van der Waals surface area contributed by atoms with Gasteiger partial charge in [0.05, 0.1) is 18.6 Å². The third-order valence-corrected chi connectivity index (χ3v) is 4.12. The van der Waals surface area contributed by atoms with Crippen LogP contribution >= 0.6 is 11.8 Å². The van der Waals surface area contributed by atoms with Gasteiger partial charge < -0.3 is 15.1 Å². The van der Waals surface area contributed by atoms with E-state index in [9.17, 15) is 0 Å². The van der Waals surface area contributed by atoms with Gasteiger partial charge in [-0.05, 0) is 25.7 Å². The fraction of sp³-hybridized carbons (Fsp3) is 0.375. The van der Waals surface area contributed by atoms with Crippen molar-refractivity contribution in [3.05, 3.63) is 35.8 Å². The molecule has 1 heterocycles. The van der Waals surface area contributed by atoms with Gasteiger partial charge in [-0.1, -0.05) is 12.1 Å². The van der Waals surface area contributed by atoms with E-state index < -0.39 is 0 Å². The fourth-order valence-electron chi connectivity index (χ4n) is 2.21. The second kappa shape index (κ2) is 8.46. The van der Waals surface area contributed by atoms with Crippen LogP contribution in [0, 0.1) is 11.5 Å². The van der Waals surface area contributed by atoms with Gasteiger partial charge in [-0.2, -0.15) is 17.0 Å². The van der Waals surface area contributed by atoms with Crippen molar-refractivity contribution in [1.29, 1.82) is 5.26 Å². The van der Waals surface area contributed by atoms with Crippen LogP contribution in [-0.2, 0) is 12.3 Å². The number of aliphatic imine (C=N–C) groups is 1. The number of nitrogens with two attached hydrogens (primary N) is 1. The van der Waals surface area contributed by atoms with Gasteiger partial charge in [0.1, 0.15) is 5.76 Å². The largest absolute Gasteiger partial charge is 0.467 e. The van der Waals surface area contributed by atoms with Gasteiger partial charge in [0, 0.05) is 23.1 Å². The van der Waals surface area contributed by atoms with Crippen molar-refractivity contribution >= 4 is 28.5 Å². The van der Waals surface area contributed by atoms with Crippen LogP contribution in [0.2, 0.25) is 0 Å². The summed E-state index contributed by atoms with van der Waals surface area (Å²) in [6.45, 7) is 1.48. The number of furan rings is 1. The van der Waals surface area contributed by atoms with E-state index in [4.69, 9.17) is 15.4 Å². The highest BCUT2D eigenvalue weighted by atomic mass is 32.2. The molecule has 0 radical (unpaired) electrons. The molecule has 0 aliphatic rings. The number of guanidine groups is 1. The van der Waals surface area contributed by atoms with Crippen LogP contribution in [0.1, 0.15) is 11.3 Å². The van der Waals surface area contributed by atoms with E-state index in [0.717, 1.165) is 29.2 Å². The van der Waals surface area contributed by atoms with Gasteiger partial charge >= 0.3 is 0 Å². The Morgan fingerprint density at radius 2 is 2.30 bits per heavy atom. The first-order valence-electron chi connectivity index (χ1n) is 7.26. The van der Waals surface area contributed by atoms with Gasteiger partial charge in [-0.15, -0.1) is 0 Å². The molecule has 0 aliphatic heterocycles. The summed E-state index contributed by atoms with van der Waals surface area (Å²) in [5, 5.41) is 13.0. The minimum absolute atomic E-state index is 0.157. The topological polar surface area (TPSA) is 90.6 Å².